The molecule has 2 aromatic rings. The number of nitrogens with two attached hydrogens (primary N) is 1. The molecule has 1 aliphatic heterocycles. The van der Waals surface area contributed by atoms with Crippen LogP contribution in [0.4, 0.5) is 5.69 Å². The van der Waals surface area contributed by atoms with E-state index in [4.69, 9.17) is 21.4 Å². The lowest BCUT2D eigenvalue weighted by atomic mass is 10.1. The van der Waals surface area contributed by atoms with Crippen molar-refractivity contribution in [1.82, 2.24) is 0 Å². The largest absolute Gasteiger partial charge is 0.489 e. The van der Waals surface area contributed by atoms with Gasteiger partial charge >= 0.3 is 5.97 Å². The summed E-state index contributed by atoms with van der Waals surface area (Å²) < 4.78 is 5.83. The average Bonchev–Trinajstić information content (AvgIpc) is 3.04. The summed E-state index contributed by atoms with van der Waals surface area (Å²) in [5.74, 6) is -1.04. The lowest BCUT2D eigenvalue weighted by molar-refractivity contribution is -0.141. The smallest absolute Gasteiger partial charge is 0.308 e. The van der Waals surface area contributed by atoms with E-state index in [9.17, 15) is 9.59 Å². The molecular formula is C20H23ClN2O4. The number of anilines is 1. The van der Waals surface area contributed by atoms with Crippen molar-refractivity contribution in [2.75, 3.05) is 18.5 Å². The summed E-state index contributed by atoms with van der Waals surface area (Å²) in [7, 11) is 1.50. The van der Waals surface area contributed by atoms with Crippen molar-refractivity contribution in [1.29, 1.82) is 0 Å². The van der Waals surface area contributed by atoms with Crippen LogP contribution in [0.25, 0.3) is 0 Å². The molecule has 1 fully saturated rings. The maximum atomic E-state index is 12.0. The number of carboxylic acid groups (broad SMARTS) is 1. The Morgan fingerprint density at radius 3 is 2.63 bits per heavy atom. The fourth-order valence-corrected chi connectivity index (χ4v) is 3.09. The lowest BCUT2D eigenvalue weighted by Crippen LogP contribution is -2.25. The van der Waals surface area contributed by atoms with Crippen molar-refractivity contribution in [2.45, 2.75) is 20.0 Å². The van der Waals surface area contributed by atoms with Crippen LogP contribution < -0.4 is 15.4 Å². The van der Waals surface area contributed by atoms with E-state index in [-0.39, 0.29) is 18.9 Å². The molecule has 3 rings (SSSR count). The Kier molecular flexibility index (Phi) is 7.21. The van der Waals surface area contributed by atoms with Crippen molar-refractivity contribution in [3.8, 4) is 5.75 Å². The number of rotatable bonds is 5. The molecule has 144 valence electrons. The van der Waals surface area contributed by atoms with Gasteiger partial charge in [-0.3, -0.25) is 9.59 Å². The van der Waals surface area contributed by atoms with Crippen molar-refractivity contribution in [3.63, 3.8) is 0 Å². The first-order valence-corrected chi connectivity index (χ1v) is 8.90. The van der Waals surface area contributed by atoms with Crippen LogP contribution in [0.2, 0.25) is 5.02 Å². The van der Waals surface area contributed by atoms with Gasteiger partial charge < -0.3 is 20.5 Å². The van der Waals surface area contributed by atoms with Crippen molar-refractivity contribution < 1.29 is 19.4 Å². The van der Waals surface area contributed by atoms with Crippen LogP contribution in [0.1, 0.15) is 17.5 Å². The SMILES string of the molecule is CN.Cc1cc(N2CC(C(=O)O)CC2=O)ccc1OCc1cccc(Cl)c1. The highest BCUT2D eigenvalue weighted by Crippen LogP contribution is 2.30. The molecular weight excluding hydrogens is 368 g/mol. The highest BCUT2D eigenvalue weighted by atomic mass is 35.5. The first-order chi connectivity index (χ1) is 12.9. The predicted molar refractivity (Wildman–Crippen MR) is 105 cm³/mol. The molecule has 1 aliphatic rings. The van der Waals surface area contributed by atoms with E-state index in [2.05, 4.69) is 5.73 Å². The van der Waals surface area contributed by atoms with E-state index in [0.717, 1.165) is 11.1 Å². The van der Waals surface area contributed by atoms with Crippen LogP contribution in [0.3, 0.4) is 0 Å². The number of amides is 1. The summed E-state index contributed by atoms with van der Waals surface area (Å²) in [4.78, 5) is 24.6. The molecule has 7 heteroatoms. The van der Waals surface area contributed by atoms with Gasteiger partial charge in [-0.15, -0.1) is 0 Å². The molecule has 3 N–H and O–H groups in total. The lowest BCUT2D eigenvalue weighted by Gasteiger charge is -2.18. The zero-order chi connectivity index (χ0) is 20.0. The third kappa shape index (κ3) is 5.21. The highest BCUT2D eigenvalue weighted by molar-refractivity contribution is 6.30. The minimum atomic E-state index is -0.936. The first kappa shape index (κ1) is 20.7. The van der Waals surface area contributed by atoms with Crippen molar-refractivity contribution in [2.24, 2.45) is 11.7 Å². The minimum absolute atomic E-state index is 0.0431. The fourth-order valence-electron chi connectivity index (χ4n) is 2.87. The van der Waals surface area contributed by atoms with Crippen LogP contribution in [0, 0.1) is 12.8 Å². The average molecular weight is 391 g/mol. The summed E-state index contributed by atoms with van der Waals surface area (Å²) in [6.45, 7) is 2.49. The summed E-state index contributed by atoms with van der Waals surface area (Å²) in [6.07, 6.45) is 0.0431. The van der Waals surface area contributed by atoms with Crippen LogP contribution in [-0.4, -0.2) is 30.6 Å². The number of aryl methyl sites for hydroxylation is 1. The number of carboxylic acids is 1. The van der Waals surface area contributed by atoms with Gasteiger partial charge in [0.2, 0.25) is 5.91 Å². The van der Waals surface area contributed by atoms with Crippen LogP contribution in [-0.2, 0) is 16.2 Å². The molecule has 1 heterocycles. The summed E-state index contributed by atoms with van der Waals surface area (Å²) in [5, 5.41) is 9.74. The van der Waals surface area contributed by atoms with Crippen LogP contribution in [0.15, 0.2) is 42.5 Å². The number of halogens is 1. The molecule has 1 unspecified atom stereocenters. The molecule has 2 aromatic carbocycles. The third-order valence-electron chi connectivity index (χ3n) is 4.23. The van der Waals surface area contributed by atoms with Gasteiger partial charge in [-0.1, -0.05) is 23.7 Å². The first-order valence-electron chi connectivity index (χ1n) is 8.53. The van der Waals surface area contributed by atoms with Gasteiger partial charge in [-0.2, -0.15) is 0 Å². The van der Waals surface area contributed by atoms with Crippen LogP contribution >= 0.6 is 11.6 Å². The van der Waals surface area contributed by atoms with E-state index in [1.807, 2.05) is 37.3 Å². The maximum absolute atomic E-state index is 12.0. The molecule has 1 atom stereocenters. The molecule has 6 nitrogen and oxygen atoms in total. The molecule has 27 heavy (non-hydrogen) atoms. The van der Waals surface area contributed by atoms with Crippen molar-refractivity contribution >= 4 is 29.2 Å². The molecule has 1 amide bonds. The molecule has 0 aromatic heterocycles. The fraction of sp³-hybridized carbons (Fsp3) is 0.300. The Morgan fingerprint density at radius 1 is 1.30 bits per heavy atom. The second-order valence-corrected chi connectivity index (χ2v) is 6.55. The number of aliphatic carboxylic acids is 1. The summed E-state index contributed by atoms with van der Waals surface area (Å²) in [6, 6.07) is 12.9. The predicted octanol–water partition coefficient (Wildman–Crippen LogP) is 3.24. The van der Waals surface area contributed by atoms with Crippen LogP contribution in [0.5, 0.6) is 5.75 Å². The van der Waals surface area contributed by atoms with E-state index < -0.39 is 11.9 Å². The Labute approximate surface area is 163 Å². The molecule has 0 bridgehead atoms. The standard InChI is InChI=1S/C19H18ClNO4.CH5N/c1-12-7-16(21-10-14(19(23)24)9-18(21)22)5-6-17(12)25-11-13-3-2-4-15(20)8-13;1-2/h2-8,14H,9-11H2,1H3,(H,23,24);2H2,1H3. The Bertz CT molecular complexity index is 825. The van der Waals surface area contributed by atoms with E-state index in [1.54, 1.807) is 12.1 Å². The third-order valence-corrected chi connectivity index (χ3v) is 4.46. The number of ether oxygens (including phenoxy) is 1. The monoisotopic (exact) mass is 390 g/mol. The molecule has 0 spiro atoms. The highest BCUT2D eigenvalue weighted by Gasteiger charge is 2.35. The van der Waals surface area contributed by atoms with Gasteiger partial charge in [-0.25, -0.2) is 0 Å². The number of carbonyl (C=O) groups excluding carboxylic acids is 1. The molecule has 0 radical (unpaired) electrons. The quantitative estimate of drug-likeness (QED) is 0.817. The molecule has 1 saturated heterocycles. The number of nitrogens with zero attached hydrogens (tertiary/aromatic N) is 1. The Morgan fingerprint density at radius 2 is 2.04 bits per heavy atom. The Hall–Kier alpha value is -2.57. The summed E-state index contributed by atoms with van der Waals surface area (Å²) in [5.41, 5.74) is 7.04. The topological polar surface area (TPSA) is 92.9 Å². The second kappa shape index (κ2) is 9.39. The van der Waals surface area contributed by atoms with E-state index in [1.165, 1.54) is 11.9 Å². The maximum Gasteiger partial charge on any atom is 0.308 e. The van der Waals surface area contributed by atoms with Gasteiger partial charge in [0.1, 0.15) is 12.4 Å². The Balaban J connectivity index is 0.00000126. The van der Waals surface area contributed by atoms with Gasteiger partial charge in [0.15, 0.2) is 0 Å². The molecule has 0 saturated carbocycles. The number of hydrogen-bond acceptors (Lipinski definition) is 4. The van der Waals surface area contributed by atoms with E-state index >= 15 is 0 Å². The number of hydrogen-bond donors (Lipinski definition) is 2. The minimum Gasteiger partial charge on any atom is -0.489 e. The summed E-state index contributed by atoms with van der Waals surface area (Å²) >= 11 is 5.96. The number of carbonyl (C=O) groups is 2. The second-order valence-electron chi connectivity index (χ2n) is 6.11. The number of benzene rings is 2. The van der Waals surface area contributed by atoms with Gasteiger partial charge in [0.05, 0.1) is 5.92 Å². The van der Waals surface area contributed by atoms with Gasteiger partial charge in [0.25, 0.3) is 0 Å². The van der Waals surface area contributed by atoms with Crippen molar-refractivity contribution in [3.05, 3.63) is 58.6 Å². The van der Waals surface area contributed by atoms with Gasteiger partial charge in [0, 0.05) is 23.7 Å². The normalized spacial score (nSPS) is 15.9. The van der Waals surface area contributed by atoms with E-state index in [0.29, 0.717) is 23.1 Å². The van der Waals surface area contributed by atoms with Gasteiger partial charge in [-0.05, 0) is 55.4 Å². The zero-order valence-electron chi connectivity index (χ0n) is 15.3. The molecule has 0 aliphatic carbocycles. The zero-order valence-corrected chi connectivity index (χ0v) is 16.1.